The van der Waals surface area contributed by atoms with E-state index < -0.39 is 5.54 Å². The molecule has 3 heterocycles. The maximum Gasteiger partial charge on any atom is 0.271 e. The first kappa shape index (κ1) is 21.3. The number of nitrogens with zero attached hydrogens (tertiary/aromatic N) is 2. The van der Waals surface area contributed by atoms with E-state index in [4.69, 9.17) is 0 Å². The standard InChI is InChI=1S/C26H31N3O2S/c1-18-8-6-7-11-20(18)27-25(31)26(2)17-28-21-13-15-32-23(21)16-22(28)24(30)29(26)14-12-19-9-4-3-5-10-19/h3-5,9-10,13,15-16,18,20H,6-8,11-12,14,17H2,1-2H3,(H,27,31)/t18-,20-,26+/m1/s1. The fraction of sp³-hybridized carbons (Fsp3) is 0.462. The minimum atomic E-state index is -0.927. The van der Waals surface area contributed by atoms with Crippen molar-refractivity contribution in [3.05, 3.63) is 59.1 Å². The number of amides is 2. The van der Waals surface area contributed by atoms with Crippen molar-refractivity contribution in [3.8, 4) is 0 Å². The maximum atomic E-state index is 13.8. The number of aromatic nitrogens is 1. The normalized spacial score (nSPS) is 25.7. The van der Waals surface area contributed by atoms with Crippen LogP contribution in [0, 0.1) is 5.92 Å². The number of rotatable bonds is 5. The molecule has 32 heavy (non-hydrogen) atoms. The molecule has 168 valence electrons. The van der Waals surface area contributed by atoms with Gasteiger partial charge in [0.1, 0.15) is 11.2 Å². The Morgan fingerprint density at radius 1 is 1.19 bits per heavy atom. The minimum absolute atomic E-state index is 0.0274. The molecule has 0 bridgehead atoms. The van der Waals surface area contributed by atoms with Crippen LogP contribution in [0.5, 0.6) is 0 Å². The number of thiophene rings is 1. The Labute approximate surface area is 193 Å². The second kappa shape index (κ2) is 8.39. The van der Waals surface area contributed by atoms with Gasteiger partial charge in [0.25, 0.3) is 5.91 Å². The highest BCUT2D eigenvalue weighted by molar-refractivity contribution is 7.17. The molecule has 1 N–H and O–H groups in total. The average Bonchev–Trinajstić information content (AvgIpc) is 3.38. The van der Waals surface area contributed by atoms with Gasteiger partial charge in [-0.1, -0.05) is 50.1 Å². The average molecular weight is 450 g/mol. The summed E-state index contributed by atoms with van der Waals surface area (Å²) in [4.78, 5) is 29.3. The van der Waals surface area contributed by atoms with Gasteiger partial charge in [-0.15, -0.1) is 11.3 Å². The molecule has 0 unspecified atom stereocenters. The summed E-state index contributed by atoms with van der Waals surface area (Å²) in [5, 5.41) is 5.40. The fourth-order valence-corrected chi connectivity index (χ4v) is 6.19. The predicted octanol–water partition coefficient (Wildman–Crippen LogP) is 4.85. The molecule has 0 spiro atoms. The van der Waals surface area contributed by atoms with Gasteiger partial charge in [0.2, 0.25) is 5.91 Å². The minimum Gasteiger partial charge on any atom is -0.351 e. The summed E-state index contributed by atoms with van der Waals surface area (Å²) >= 11 is 1.64. The number of nitrogens with one attached hydrogen (secondary N) is 1. The van der Waals surface area contributed by atoms with Crippen LogP contribution in [0.2, 0.25) is 0 Å². The second-order valence-electron chi connectivity index (χ2n) is 9.59. The van der Waals surface area contributed by atoms with Crippen LogP contribution in [0.1, 0.15) is 55.6 Å². The lowest BCUT2D eigenvalue weighted by Gasteiger charge is -2.45. The first-order valence-corrected chi connectivity index (χ1v) is 12.6. The van der Waals surface area contributed by atoms with Crippen LogP contribution in [0.25, 0.3) is 10.2 Å². The topological polar surface area (TPSA) is 54.3 Å². The number of fused-ring (bicyclic) bond motifs is 3. The van der Waals surface area contributed by atoms with E-state index in [2.05, 4.69) is 35.0 Å². The monoisotopic (exact) mass is 449 g/mol. The van der Waals surface area contributed by atoms with E-state index in [0.29, 0.717) is 24.7 Å². The number of carbonyl (C=O) groups excluding carboxylic acids is 2. The zero-order valence-electron chi connectivity index (χ0n) is 18.8. The summed E-state index contributed by atoms with van der Waals surface area (Å²) < 4.78 is 3.15. The van der Waals surface area contributed by atoms with Crippen LogP contribution in [-0.4, -0.2) is 39.4 Å². The lowest BCUT2D eigenvalue weighted by Crippen LogP contribution is -2.65. The molecule has 1 aliphatic heterocycles. The molecule has 1 saturated carbocycles. The first-order valence-electron chi connectivity index (χ1n) is 11.7. The van der Waals surface area contributed by atoms with Crippen molar-refractivity contribution >= 4 is 33.4 Å². The van der Waals surface area contributed by atoms with Crippen molar-refractivity contribution in [3.63, 3.8) is 0 Å². The van der Waals surface area contributed by atoms with Crippen molar-refractivity contribution in [2.75, 3.05) is 6.54 Å². The van der Waals surface area contributed by atoms with Crippen LogP contribution in [0.3, 0.4) is 0 Å². The third kappa shape index (κ3) is 3.64. The van der Waals surface area contributed by atoms with Gasteiger partial charge in [-0.3, -0.25) is 9.59 Å². The lowest BCUT2D eigenvalue weighted by atomic mass is 9.85. The molecule has 0 radical (unpaired) electrons. The van der Waals surface area contributed by atoms with Gasteiger partial charge in [-0.25, -0.2) is 0 Å². The van der Waals surface area contributed by atoms with Gasteiger partial charge in [-0.2, -0.15) is 0 Å². The Morgan fingerprint density at radius 2 is 1.97 bits per heavy atom. The van der Waals surface area contributed by atoms with Crippen LogP contribution in [0.4, 0.5) is 0 Å². The number of hydrogen-bond donors (Lipinski definition) is 1. The summed E-state index contributed by atoms with van der Waals surface area (Å²) in [7, 11) is 0. The van der Waals surface area contributed by atoms with Crippen molar-refractivity contribution in [2.24, 2.45) is 5.92 Å². The third-order valence-electron chi connectivity index (χ3n) is 7.43. The van der Waals surface area contributed by atoms with Crippen LogP contribution < -0.4 is 5.32 Å². The molecule has 1 aromatic carbocycles. The fourth-order valence-electron chi connectivity index (χ4n) is 5.36. The summed E-state index contributed by atoms with van der Waals surface area (Å²) in [6.07, 6.45) is 5.28. The van der Waals surface area contributed by atoms with E-state index >= 15 is 0 Å². The van der Waals surface area contributed by atoms with Gasteiger partial charge in [0.05, 0.1) is 16.8 Å². The van der Waals surface area contributed by atoms with E-state index in [9.17, 15) is 9.59 Å². The van der Waals surface area contributed by atoms with Gasteiger partial charge >= 0.3 is 0 Å². The Morgan fingerprint density at radius 3 is 2.75 bits per heavy atom. The SMILES string of the molecule is C[C@@H]1CCCC[C@H]1NC(=O)[C@]1(C)Cn2c(cc3sccc32)C(=O)N1CCc1ccccc1. The number of benzene rings is 1. The zero-order chi connectivity index (χ0) is 22.3. The highest BCUT2D eigenvalue weighted by atomic mass is 32.1. The summed E-state index contributed by atoms with van der Waals surface area (Å²) in [5.74, 6) is 0.393. The third-order valence-corrected chi connectivity index (χ3v) is 8.29. The second-order valence-corrected chi connectivity index (χ2v) is 10.5. The summed E-state index contributed by atoms with van der Waals surface area (Å²) in [6, 6.07) is 14.4. The Bertz CT molecular complexity index is 1130. The molecule has 0 saturated heterocycles. The van der Waals surface area contributed by atoms with Crippen molar-refractivity contribution in [2.45, 2.75) is 64.1 Å². The molecule has 2 aromatic heterocycles. The van der Waals surface area contributed by atoms with Crippen molar-refractivity contribution in [1.82, 2.24) is 14.8 Å². The van der Waals surface area contributed by atoms with Crippen LogP contribution >= 0.6 is 11.3 Å². The van der Waals surface area contributed by atoms with Gasteiger partial charge in [0.15, 0.2) is 0 Å². The van der Waals surface area contributed by atoms with E-state index in [-0.39, 0.29) is 17.9 Å². The zero-order valence-corrected chi connectivity index (χ0v) is 19.7. The number of hydrogen-bond acceptors (Lipinski definition) is 3. The molecule has 3 atom stereocenters. The van der Waals surface area contributed by atoms with Crippen molar-refractivity contribution < 1.29 is 9.59 Å². The van der Waals surface area contributed by atoms with Crippen LogP contribution in [0.15, 0.2) is 47.8 Å². The molecule has 5 rings (SSSR count). The quantitative estimate of drug-likeness (QED) is 0.605. The molecule has 5 nitrogen and oxygen atoms in total. The highest BCUT2D eigenvalue weighted by Crippen LogP contribution is 2.35. The molecular formula is C26H31N3O2S. The van der Waals surface area contributed by atoms with Crippen molar-refractivity contribution in [1.29, 1.82) is 0 Å². The summed E-state index contributed by atoms with van der Waals surface area (Å²) in [5.41, 5.74) is 1.98. The maximum absolute atomic E-state index is 13.8. The first-order chi connectivity index (χ1) is 15.5. The molecule has 1 aliphatic carbocycles. The molecule has 3 aromatic rings. The Balaban J connectivity index is 1.48. The Hall–Kier alpha value is -2.60. The van der Waals surface area contributed by atoms with E-state index in [1.54, 1.807) is 11.3 Å². The predicted molar refractivity (Wildman–Crippen MR) is 129 cm³/mol. The van der Waals surface area contributed by atoms with E-state index in [0.717, 1.165) is 35.9 Å². The lowest BCUT2D eigenvalue weighted by molar-refractivity contribution is -0.134. The molecule has 2 amide bonds. The smallest absolute Gasteiger partial charge is 0.271 e. The molecule has 1 fully saturated rings. The molecule has 2 aliphatic rings. The van der Waals surface area contributed by atoms with Crippen LogP contribution in [-0.2, 0) is 17.8 Å². The molecular weight excluding hydrogens is 418 g/mol. The molecule has 6 heteroatoms. The number of carbonyl (C=O) groups is 2. The van der Waals surface area contributed by atoms with Gasteiger partial charge in [0, 0.05) is 12.6 Å². The highest BCUT2D eigenvalue weighted by Gasteiger charge is 2.48. The van der Waals surface area contributed by atoms with E-state index in [1.165, 1.54) is 12.0 Å². The summed E-state index contributed by atoms with van der Waals surface area (Å²) in [6.45, 7) is 5.17. The van der Waals surface area contributed by atoms with E-state index in [1.807, 2.05) is 41.5 Å². The Kier molecular flexibility index (Phi) is 5.58. The van der Waals surface area contributed by atoms with Gasteiger partial charge < -0.3 is 14.8 Å². The largest absolute Gasteiger partial charge is 0.351 e. The van der Waals surface area contributed by atoms with Gasteiger partial charge in [-0.05, 0) is 55.2 Å².